The Balaban J connectivity index is 1.72. The number of fused-ring (bicyclic) bond motifs is 1. The van der Waals surface area contributed by atoms with Gasteiger partial charge >= 0.3 is 5.97 Å². The van der Waals surface area contributed by atoms with Gasteiger partial charge in [0.25, 0.3) is 0 Å². The van der Waals surface area contributed by atoms with Crippen molar-refractivity contribution < 1.29 is 24.2 Å². The van der Waals surface area contributed by atoms with Gasteiger partial charge in [0.2, 0.25) is 5.91 Å². The van der Waals surface area contributed by atoms with E-state index >= 15 is 0 Å². The van der Waals surface area contributed by atoms with Gasteiger partial charge in [0, 0.05) is 16.7 Å². The van der Waals surface area contributed by atoms with Gasteiger partial charge in [-0.05, 0) is 30.4 Å². The van der Waals surface area contributed by atoms with E-state index in [0.717, 1.165) is 15.0 Å². The lowest BCUT2D eigenvalue weighted by Gasteiger charge is -2.19. The van der Waals surface area contributed by atoms with Gasteiger partial charge in [-0.3, -0.25) is 4.79 Å². The Morgan fingerprint density at radius 2 is 2.12 bits per heavy atom. The number of methoxy groups -OCH3 is 1. The highest BCUT2D eigenvalue weighted by Crippen LogP contribution is 2.30. The first-order valence-corrected chi connectivity index (χ1v) is 8.56. The molecule has 3 rings (SSSR count). The Hall–Kier alpha value is -1.96. The van der Waals surface area contributed by atoms with Gasteiger partial charge in [0.15, 0.2) is 6.10 Å². The normalized spacial score (nSPS) is 21.7. The molecule has 0 bridgehead atoms. The van der Waals surface area contributed by atoms with Crippen LogP contribution in [0, 0.1) is 0 Å². The van der Waals surface area contributed by atoms with E-state index in [1.165, 1.54) is 0 Å². The second-order valence-electron chi connectivity index (χ2n) is 5.73. The summed E-state index contributed by atoms with van der Waals surface area (Å²) in [4.78, 5) is 24.3. The zero-order chi connectivity index (χ0) is 17.1. The van der Waals surface area contributed by atoms with E-state index in [2.05, 4.69) is 5.32 Å². The van der Waals surface area contributed by atoms with Crippen molar-refractivity contribution in [1.82, 2.24) is 5.32 Å². The van der Waals surface area contributed by atoms with Gasteiger partial charge in [0.05, 0.1) is 12.6 Å². The number of carbonyl (C=O) groups is 2. The number of ether oxygens (including phenoxy) is 2. The number of hydrogen-bond acceptors (Lipinski definition) is 5. The largest absolute Gasteiger partial charge is 0.479 e. The molecule has 1 saturated heterocycles. The van der Waals surface area contributed by atoms with Crippen LogP contribution in [0.3, 0.4) is 0 Å². The summed E-state index contributed by atoms with van der Waals surface area (Å²) in [5, 5.41) is 13.0. The molecule has 1 aromatic carbocycles. The van der Waals surface area contributed by atoms with Crippen molar-refractivity contribution in [1.29, 1.82) is 0 Å². The van der Waals surface area contributed by atoms with Crippen LogP contribution < -0.4 is 5.32 Å². The number of carboxylic acids is 1. The molecular formula is C17H19NO5S. The van der Waals surface area contributed by atoms with Gasteiger partial charge < -0.3 is 19.9 Å². The van der Waals surface area contributed by atoms with Crippen LogP contribution in [0.2, 0.25) is 0 Å². The number of carbonyl (C=O) groups excluding carboxylic acids is 1. The molecule has 6 nitrogen and oxygen atoms in total. The van der Waals surface area contributed by atoms with E-state index in [0.29, 0.717) is 19.4 Å². The Bertz CT molecular complexity index is 710. The number of benzene rings is 1. The third-order valence-electron chi connectivity index (χ3n) is 4.03. The molecule has 24 heavy (non-hydrogen) atoms. The van der Waals surface area contributed by atoms with Crippen LogP contribution in [0.15, 0.2) is 30.3 Å². The van der Waals surface area contributed by atoms with Crippen LogP contribution >= 0.6 is 11.3 Å². The molecule has 1 aliphatic rings. The summed E-state index contributed by atoms with van der Waals surface area (Å²) in [6, 6.07) is 9.77. The summed E-state index contributed by atoms with van der Waals surface area (Å²) >= 11 is 1.61. The topological polar surface area (TPSA) is 84.9 Å². The first kappa shape index (κ1) is 16.9. The third kappa shape index (κ3) is 3.58. The van der Waals surface area contributed by atoms with Gasteiger partial charge in [-0.15, -0.1) is 11.3 Å². The molecule has 128 valence electrons. The second kappa shape index (κ2) is 7.29. The van der Waals surface area contributed by atoms with Crippen molar-refractivity contribution in [3.63, 3.8) is 0 Å². The van der Waals surface area contributed by atoms with E-state index in [1.807, 2.05) is 30.3 Å². The number of rotatable bonds is 6. The predicted octanol–water partition coefficient (Wildman–Crippen LogP) is 2.34. The van der Waals surface area contributed by atoms with E-state index < -0.39 is 18.2 Å². The molecule has 2 N–H and O–H groups in total. The molecule has 1 unspecified atom stereocenters. The number of thiophene rings is 1. The van der Waals surface area contributed by atoms with Crippen LogP contribution in [0.4, 0.5) is 0 Å². The van der Waals surface area contributed by atoms with Crippen molar-refractivity contribution >= 4 is 33.3 Å². The van der Waals surface area contributed by atoms with E-state index in [-0.39, 0.29) is 11.9 Å². The Labute approximate surface area is 143 Å². The summed E-state index contributed by atoms with van der Waals surface area (Å²) in [7, 11) is 1.58. The highest BCUT2D eigenvalue weighted by molar-refractivity contribution is 7.19. The SMILES string of the molecule is COCC(NC(=O)[C@H]1CC[C@@H](C(=O)O)O1)c1cc2ccccc2s1. The lowest BCUT2D eigenvalue weighted by Crippen LogP contribution is -2.39. The number of amides is 1. The van der Waals surface area contributed by atoms with Crippen molar-refractivity contribution in [3.05, 3.63) is 35.2 Å². The molecule has 7 heteroatoms. The Morgan fingerprint density at radius 1 is 1.38 bits per heavy atom. The maximum atomic E-state index is 12.4. The minimum atomic E-state index is -1.02. The first-order chi connectivity index (χ1) is 11.6. The molecule has 0 saturated carbocycles. The third-order valence-corrected chi connectivity index (χ3v) is 5.26. The Morgan fingerprint density at radius 3 is 2.79 bits per heavy atom. The zero-order valence-corrected chi connectivity index (χ0v) is 14.0. The Kier molecular flexibility index (Phi) is 5.13. The first-order valence-electron chi connectivity index (χ1n) is 7.74. The molecule has 0 spiro atoms. The molecule has 1 amide bonds. The van der Waals surface area contributed by atoms with Crippen molar-refractivity contribution in [2.45, 2.75) is 31.1 Å². The second-order valence-corrected chi connectivity index (χ2v) is 6.85. The lowest BCUT2D eigenvalue weighted by molar-refractivity contribution is -0.152. The van der Waals surface area contributed by atoms with Gasteiger partial charge in [-0.1, -0.05) is 18.2 Å². The van der Waals surface area contributed by atoms with Crippen LogP contribution in [0.1, 0.15) is 23.8 Å². The number of hydrogen-bond donors (Lipinski definition) is 2. The minimum absolute atomic E-state index is 0.285. The quantitative estimate of drug-likeness (QED) is 0.836. The van der Waals surface area contributed by atoms with Gasteiger partial charge in [-0.2, -0.15) is 0 Å². The summed E-state index contributed by atoms with van der Waals surface area (Å²) in [6.07, 6.45) is -0.856. The number of carboxylic acid groups (broad SMARTS) is 1. The molecule has 1 aliphatic heterocycles. The lowest BCUT2D eigenvalue weighted by atomic mass is 10.1. The number of aliphatic carboxylic acids is 1. The summed E-state index contributed by atoms with van der Waals surface area (Å²) in [6.45, 7) is 0.341. The minimum Gasteiger partial charge on any atom is -0.479 e. The molecule has 1 fully saturated rings. The van der Waals surface area contributed by atoms with Crippen molar-refractivity contribution in [3.8, 4) is 0 Å². The van der Waals surface area contributed by atoms with E-state index in [9.17, 15) is 9.59 Å². The van der Waals surface area contributed by atoms with Crippen molar-refractivity contribution in [2.75, 3.05) is 13.7 Å². The van der Waals surface area contributed by atoms with Crippen LogP contribution in [0.25, 0.3) is 10.1 Å². The fourth-order valence-corrected chi connectivity index (χ4v) is 3.91. The molecule has 1 aromatic heterocycles. The van der Waals surface area contributed by atoms with Crippen LogP contribution in [-0.2, 0) is 19.1 Å². The average Bonchev–Trinajstić information content (AvgIpc) is 3.21. The highest BCUT2D eigenvalue weighted by Gasteiger charge is 2.35. The maximum Gasteiger partial charge on any atom is 0.332 e. The summed E-state index contributed by atoms with van der Waals surface area (Å²) in [5.41, 5.74) is 0. The fraction of sp³-hybridized carbons (Fsp3) is 0.412. The van der Waals surface area contributed by atoms with Gasteiger partial charge in [-0.25, -0.2) is 4.79 Å². The maximum absolute atomic E-state index is 12.4. The number of nitrogens with one attached hydrogen (secondary N) is 1. The van der Waals surface area contributed by atoms with E-state index in [1.54, 1.807) is 18.4 Å². The fourth-order valence-electron chi connectivity index (χ4n) is 2.81. The predicted molar refractivity (Wildman–Crippen MR) is 90.1 cm³/mol. The van der Waals surface area contributed by atoms with Gasteiger partial charge in [0.1, 0.15) is 6.10 Å². The average molecular weight is 349 g/mol. The molecule has 0 aliphatic carbocycles. The van der Waals surface area contributed by atoms with E-state index in [4.69, 9.17) is 14.6 Å². The van der Waals surface area contributed by atoms with Crippen molar-refractivity contribution in [2.24, 2.45) is 0 Å². The van der Waals surface area contributed by atoms with Crippen LogP contribution in [0.5, 0.6) is 0 Å². The summed E-state index contributed by atoms with van der Waals surface area (Å²) in [5.74, 6) is -1.32. The molecule has 0 radical (unpaired) electrons. The molecule has 2 heterocycles. The summed E-state index contributed by atoms with van der Waals surface area (Å²) < 4.78 is 11.7. The molecule has 2 aromatic rings. The smallest absolute Gasteiger partial charge is 0.332 e. The highest BCUT2D eigenvalue weighted by atomic mass is 32.1. The molecule has 3 atom stereocenters. The molecular weight excluding hydrogens is 330 g/mol. The van der Waals surface area contributed by atoms with Crippen LogP contribution in [-0.4, -0.2) is 42.9 Å². The zero-order valence-electron chi connectivity index (χ0n) is 13.2. The monoisotopic (exact) mass is 349 g/mol. The standard InChI is InChI=1S/C17H19NO5S/c1-22-9-11(15-8-10-4-2-3-5-14(10)24-15)18-16(19)12-6-7-13(23-12)17(20)21/h2-5,8,11-13H,6-7,9H2,1H3,(H,18,19)(H,20,21)/t11?,12-,13+/m1/s1.